The van der Waals surface area contributed by atoms with Crippen LogP contribution in [-0.4, -0.2) is 12.5 Å². The highest BCUT2D eigenvalue weighted by Crippen LogP contribution is 2.38. The maximum atomic E-state index is 14.2. The Morgan fingerprint density at radius 3 is 2.18 bits per heavy atom. The van der Waals surface area contributed by atoms with Crippen molar-refractivity contribution in [2.24, 2.45) is 17.8 Å². The van der Waals surface area contributed by atoms with Crippen molar-refractivity contribution in [3.05, 3.63) is 35.7 Å². The maximum absolute atomic E-state index is 14.2. The zero-order valence-corrected chi connectivity index (χ0v) is 19.6. The molecular formula is C27H37F5O. The molecule has 0 amide bonds. The van der Waals surface area contributed by atoms with E-state index in [1.54, 1.807) is 0 Å². The van der Waals surface area contributed by atoms with Crippen LogP contribution in [0.15, 0.2) is 24.3 Å². The van der Waals surface area contributed by atoms with Crippen LogP contribution in [0, 0.1) is 23.6 Å². The number of hydrogen-bond donors (Lipinski definition) is 0. The molecule has 2 aliphatic carbocycles. The lowest BCUT2D eigenvalue weighted by molar-refractivity contribution is -0.254. The highest BCUT2D eigenvalue weighted by Gasteiger charge is 2.44. The fourth-order valence-electron chi connectivity index (χ4n) is 5.35. The van der Waals surface area contributed by atoms with Crippen molar-refractivity contribution >= 4 is 5.57 Å². The number of unbranched alkanes of at least 4 members (excludes halogenated alkanes) is 2. The summed E-state index contributed by atoms with van der Waals surface area (Å²) in [5.74, 6) is 0.505. The Morgan fingerprint density at radius 2 is 1.61 bits per heavy atom. The first kappa shape index (κ1) is 26.0. The first-order valence-corrected chi connectivity index (χ1v) is 12.6. The molecule has 1 nitrogen and oxygen atoms in total. The fourth-order valence-corrected chi connectivity index (χ4v) is 5.35. The second-order valence-corrected chi connectivity index (χ2v) is 9.94. The number of halogens is 5. The summed E-state index contributed by atoms with van der Waals surface area (Å²) in [6.45, 7) is 2.26. The van der Waals surface area contributed by atoms with Gasteiger partial charge in [-0.3, -0.25) is 0 Å². The second-order valence-electron chi connectivity index (χ2n) is 9.94. The molecule has 1 fully saturated rings. The minimum absolute atomic E-state index is 0.597. The summed E-state index contributed by atoms with van der Waals surface area (Å²) in [4.78, 5) is 0. The van der Waals surface area contributed by atoms with E-state index in [4.69, 9.17) is 0 Å². The number of ether oxygens (including phenoxy) is 1. The molecule has 1 atom stereocenters. The van der Waals surface area contributed by atoms with E-state index in [1.165, 1.54) is 70.3 Å². The fraction of sp³-hybridized carbons (Fsp3) is 0.704. The molecule has 0 saturated heterocycles. The van der Waals surface area contributed by atoms with Gasteiger partial charge in [0, 0.05) is 0 Å². The average Bonchev–Trinajstić information content (AvgIpc) is 2.80. The van der Waals surface area contributed by atoms with Crippen molar-refractivity contribution in [3.8, 4) is 5.75 Å². The monoisotopic (exact) mass is 472 g/mol. The third-order valence-corrected chi connectivity index (χ3v) is 7.49. The standard InChI is InChI=1S/C27H37F5O/c1-2-3-4-5-19-6-8-20(9-7-19)10-11-21-12-14-22(15-13-21)23-16-17-25(24(28)18-23)33-27(31,32)26(29)30/h14,16-21,26H,2-13,15H2,1H3. The van der Waals surface area contributed by atoms with Crippen LogP contribution < -0.4 is 4.74 Å². The molecule has 0 radical (unpaired) electrons. The second kappa shape index (κ2) is 12.2. The summed E-state index contributed by atoms with van der Waals surface area (Å²) in [5.41, 5.74) is 1.57. The van der Waals surface area contributed by atoms with Crippen LogP contribution in [0.1, 0.15) is 96.0 Å². The first-order chi connectivity index (χ1) is 15.8. The average molecular weight is 473 g/mol. The molecule has 0 aliphatic heterocycles. The van der Waals surface area contributed by atoms with Crippen LogP contribution in [0.2, 0.25) is 0 Å². The van der Waals surface area contributed by atoms with Gasteiger partial charge in [0.2, 0.25) is 0 Å². The third kappa shape index (κ3) is 7.71. The molecule has 1 aromatic carbocycles. The van der Waals surface area contributed by atoms with Gasteiger partial charge in [-0.05, 0) is 66.7 Å². The van der Waals surface area contributed by atoms with E-state index in [0.717, 1.165) is 48.8 Å². The summed E-state index contributed by atoms with van der Waals surface area (Å²) in [6.07, 6.45) is 9.59. The molecule has 3 rings (SSSR count). The number of allylic oxidation sites excluding steroid dienone is 2. The van der Waals surface area contributed by atoms with Crippen molar-refractivity contribution in [2.45, 2.75) is 103 Å². The molecule has 6 heteroatoms. The van der Waals surface area contributed by atoms with Gasteiger partial charge in [-0.2, -0.15) is 17.6 Å². The van der Waals surface area contributed by atoms with Gasteiger partial charge in [-0.25, -0.2) is 4.39 Å². The predicted octanol–water partition coefficient (Wildman–Crippen LogP) is 9.41. The van der Waals surface area contributed by atoms with Gasteiger partial charge in [0.25, 0.3) is 0 Å². The molecule has 2 aliphatic rings. The summed E-state index contributed by atoms with van der Waals surface area (Å²) in [6, 6.07) is 3.57. The normalized spacial score (nSPS) is 24.1. The van der Waals surface area contributed by atoms with Crippen LogP contribution in [0.3, 0.4) is 0 Å². The predicted molar refractivity (Wildman–Crippen MR) is 122 cm³/mol. The van der Waals surface area contributed by atoms with Crippen LogP contribution >= 0.6 is 0 Å². The molecule has 0 spiro atoms. The molecular weight excluding hydrogens is 435 g/mol. The van der Waals surface area contributed by atoms with E-state index in [1.807, 2.05) is 0 Å². The van der Waals surface area contributed by atoms with E-state index in [0.29, 0.717) is 11.5 Å². The molecule has 0 aromatic heterocycles. The van der Waals surface area contributed by atoms with E-state index in [2.05, 4.69) is 17.7 Å². The van der Waals surface area contributed by atoms with Gasteiger partial charge in [0.05, 0.1) is 0 Å². The highest BCUT2D eigenvalue weighted by atomic mass is 19.3. The van der Waals surface area contributed by atoms with Crippen LogP contribution in [-0.2, 0) is 0 Å². The third-order valence-electron chi connectivity index (χ3n) is 7.49. The quantitative estimate of drug-likeness (QED) is 0.230. The van der Waals surface area contributed by atoms with E-state index in [9.17, 15) is 22.0 Å². The van der Waals surface area contributed by atoms with Crippen molar-refractivity contribution in [3.63, 3.8) is 0 Å². The lowest BCUT2D eigenvalue weighted by atomic mass is 9.76. The number of hydrogen-bond acceptors (Lipinski definition) is 1. The summed E-state index contributed by atoms with van der Waals surface area (Å²) >= 11 is 0. The zero-order valence-electron chi connectivity index (χ0n) is 19.6. The number of benzene rings is 1. The Balaban J connectivity index is 1.43. The first-order valence-electron chi connectivity index (χ1n) is 12.6. The Bertz CT molecular complexity index is 768. The molecule has 1 saturated carbocycles. The van der Waals surface area contributed by atoms with E-state index >= 15 is 0 Å². The van der Waals surface area contributed by atoms with Gasteiger partial charge in [-0.15, -0.1) is 0 Å². The zero-order chi connectivity index (χ0) is 23.8. The van der Waals surface area contributed by atoms with Gasteiger partial charge in [0.15, 0.2) is 11.6 Å². The van der Waals surface area contributed by atoms with Crippen molar-refractivity contribution in [2.75, 3.05) is 0 Å². The van der Waals surface area contributed by atoms with Gasteiger partial charge < -0.3 is 4.74 Å². The van der Waals surface area contributed by atoms with Gasteiger partial charge in [-0.1, -0.05) is 76.9 Å². The lowest BCUT2D eigenvalue weighted by Gasteiger charge is -2.30. The minimum atomic E-state index is -4.71. The Morgan fingerprint density at radius 1 is 0.939 bits per heavy atom. The van der Waals surface area contributed by atoms with Gasteiger partial charge in [0.1, 0.15) is 0 Å². The van der Waals surface area contributed by atoms with Gasteiger partial charge >= 0.3 is 12.5 Å². The van der Waals surface area contributed by atoms with Crippen LogP contribution in [0.25, 0.3) is 5.57 Å². The maximum Gasteiger partial charge on any atom is 0.461 e. The molecule has 0 heterocycles. The molecule has 33 heavy (non-hydrogen) atoms. The lowest BCUT2D eigenvalue weighted by Crippen LogP contribution is -2.33. The van der Waals surface area contributed by atoms with Crippen LogP contribution in [0.5, 0.6) is 5.75 Å². The Labute approximate surface area is 194 Å². The molecule has 1 aromatic rings. The van der Waals surface area contributed by atoms with E-state index in [-0.39, 0.29) is 0 Å². The number of alkyl halides is 4. The number of rotatable bonds is 11. The smallest absolute Gasteiger partial charge is 0.425 e. The highest BCUT2D eigenvalue weighted by molar-refractivity contribution is 5.67. The van der Waals surface area contributed by atoms with Crippen molar-refractivity contribution in [1.82, 2.24) is 0 Å². The Kier molecular flexibility index (Phi) is 9.63. The summed E-state index contributed by atoms with van der Waals surface area (Å²) in [7, 11) is 0. The molecule has 186 valence electrons. The summed E-state index contributed by atoms with van der Waals surface area (Å²) < 4.78 is 68.8. The van der Waals surface area contributed by atoms with Crippen molar-refractivity contribution in [1.29, 1.82) is 0 Å². The van der Waals surface area contributed by atoms with Crippen LogP contribution in [0.4, 0.5) is 22.0 Å². The van der Waals surface area contributed by atoms with E-state index < -0.39 is 24.1 Å². The largest absolute Gasteiger partial charge is 0.461 e. The SMILES string of the molecule is CCCCCC1CCC(CCC2CC=C(c3ccc(OC(F)(F)C(F)F)c(F)c3)CC2)CC1. The molecule has 1 unspecified atom stereocenters. The topological polar surface area (TPSA) is 9.23 Å². The Hall–Kier alpha value is -1.59. The molecule has 0 bridgehead atoms. The summed E-state index contributed by atoms with van der Waals surface area (Å²) in [5, 5.41) is 0. The van der Waals surface area contributed by atoms with Crippen molar-refractivity contribution < 1.29 is 26.7 Å². The minimum Gasteiger partial charge on any atom is -0.425 e. The molecule has 0 N–H and O–H groups in total.